The summed E-state index contributed by atoms with van der Waals surface area (Å²) in [5.41, 5.74) is 2.48. The van der Waals surface area contributed by atoms with Crippen molar-refractivity contribution in [1.82, 2.24) is 5.32 Å². The zero-order chi connectivity index (χ0) is 12.5. The van der Waals surface area contributed by atoms with E-state index in [2.05, 4.69) is 50.4 Å². The van der Waals surface area contributed by atoms with E-state index in [-0.39, 0.29) is 5.54 Å². The highest BCUT2D eigenvalue weighted by atomic mass is 16.3. The monoisotopic (exact) mass is 233 g/mol. The molecular formula is C15H23NO. The molecule has 1 aliphatic carbocycles. The number of β-amino-alcohol motifs (C(OH)–C–C–N with tert-alkyl or cyclic N) is 1. The minimum atomic E-state index is -0.414. The summed E-state index contributed by atoms with van der Waals surface area (Å²) in [6.45, 7) is 6.92. The van der Waals surface area contributed by atoms with E-state index in [9.17, 15) is 5.11 Å². The number of hydrogen-bond acceptors (Lipinski definition) is 2. The molecule has 0 aliphatic heterocycles. The highest BCUT2D eigenvalue weighted by Gasteiger charge is 2.23. The van der Waals surface area contributed by atoms with Crippen LogP contribution in [0.25, 0.3) is 0 Å². The van der Waals surface area contributed by atoms with Gasteiger partial charge in [-0.15, -0.1) is 0 Å². The van der Waals surface area contributed by atoms with Crippen molar-refractivity contribution >= 4 is 0 Å². The molecule has 2 heteroatoms. The third kappa shape index (κ3) is 3.83. The molecule has 1 unspecified atom stereocenters. The zero-order valence-electron chi connectivity index (χ0n) is 11.0. The van der Waals surface area contributed by atoms with Crippen LogP contribution in [0, 0.1) is 0 Å². The summed E-state index contributed by atoms with van der Waals surface area (Å²) < 4.78 is 0. The third-order valence-corrected chi connectivity index (χ3v) is 3.20. The molecule has 0 aromatic heterocycles. The maximum Gasteiger partial charge on any atom is 0.0914 e. The smallest absolute Gasteiger partial charge is 0.0914 e. The zero-order valence-corrected chi connectivity index (χ0v) is 11.0. The summed E-state index contributed by atoms with van der Waals surface area (Å²) in [5.74, 6) is 0.786. The highest BCUT2D eigenvalue weighted by molar-refractivity contribution is 5.29. The van der Waals surface area contributed by atoms with E-state index in [1.807, 2.05) is 0 Å². The molecule has 1 aromatic carbocycles. The lowest BCUT2D eigenvalue weighted by Gasteiger charge is -2.23. The molecule has 0 spiro atoms. The standard InChI is InChI=1S/C15H23NO/c1-15(2,3)16-10-14(17)13-8-6-12(7-9-13)11-4-5-11/h6-9,11,14,16-17H,4-5,10H2,1-3H3. The Hall–Kier alpha value is -0.860. The van der Waals surface area contributed by atoms with Crippen molar-refractivity contribution in [2.75, 3.05) is 6.54 Å². The Balaban J connectivity index is 1.92. The Labute approximate surface area is 104 Å². The van der Waals surface area contributed by atoms with Crippen LogP contribution in [0.4, 0.5) is 0 Å². The van der Waals surface area contributed by atoms with E-state index < -0.39 is 6.10 Å². The largest absolute Gasteiger partial charge is 0.387 e. The SMILES string of the molecule is CC(C)(C)NCC(O)c1ccc(C2CC2)cc1. The van der Waals surface area contributed by atoms with Gasteiger partial charge in [0.15, 0.2) is 0 Å². The second-order valence-electron chi connectivity index (χ2n) is 6.09. The topological polar surface area (TPSA) is 32.3 Å². The van der Waals surface area contributed by atoms with E-state index in [1.54, 1.807) is 0 Å². The summed E-state index contributed by atoms with van der Waals surface area (Å²) in [4.78, 5) is 0. The Kier molecular flexibility index (Phi) is 3.55. The first-order valence-corrected chi connectivity index (χ1v) is 6.49. The molecule has 1 fully saturated rings. The lowest BCUT2D eigenvalue weighted by atomic mass is 10.0. The van der Waals surface area contributed by atoms with Crippen LogP contribution in [0.3, 0.4) is 0 Å². The molecule has 2 N–H and O–H groups in total. The van der Waals surface area contributed by atoms with Crippen LogP contribution in [0.5, 0.6) is 0 Å². The fourth-order valence-electron chi connectivity index (χ4n) is 1.93. The average Bonchev–Trinajstić information content (AvgIpc) is 3.09. The number of benzene rings is 1. The van der Waals surface area contributed by atoms with E-state index in [4.69, 9.17) is 0 Å². The van der Waals surface area contributed by atoms with E-state index in [0.29, 0.717) is 6.54 Å². The molecule has 1 aromatic rings. The van der Waals surface area contributed by atoms with Crippen LogP contribution in [-0.2, 0) is 0 Å². The van der Waals surface area contributed by atoms with Crippen LogP contribution in [-0.4, -0.2) is 17.2 Å². The van der Waals surface area contributed by atoms with Gasteiger partial charge in [-0.2, -0.15) is 0 Å². The fraction of sp³-hybridized carbons (Fsp3) is 0.600. The van der Waals surface area contributed by atoms with Crippen molar-refractivity contribution in [2.24, 2.45) is 0 Å². The molecular weight excluding hydrogens is 210 g/mol. The predicted molar refractivity (Wildman–Crippen MR) is 71.1 cm³/mol. The van der Waals surface area contributed by atoms with Crippen molar-refractivity contribution in [3.05, 3.63) is 35.4 Å². The van der Waals surface area contributed by atoms with Gasteiger partial charge >= 0.3 is 0 Å². The normalized spacial score (nSPS) is 18.1. The number of rotatable bonds is 4. The molecule has 1 atom stereocenters. The van der Waals surface area contributed by atoms with Gasteiger partial charge in [0.05, 0.1) is 6.10 Å². The molecule has 0 amide bonds. The average molecular weight is 233 g/mol. The second kappa shape index (κ2) is 4.79. The summed E-state index contributed by atoms with van der Waals surface area (Å²) >= 11 is 0. The maximum atomic E-state index is 10.1. The molecule has 17 heavy (non-hydrogen) atoms. The minimum Gasteiger partial charge on any atom is -0.387 e. The lowest BCUT2D eigenvalue weighted by molar-refractivity contribution is 0.163. The van der Waals surface area contributed by atoms with Crippen LogP contribution in [0.2, 0.25) is 0 Å². The number of nitrogens with one attached hydrogen (secondary N) is 1. The van der Waals surface area contributed by atoms with Gasteiger partial charge in [0.2, 0.25) is 0 Å². The van der Waals surface area contributed by atoms with Crippen molar-refractivity contribution in [3.63, 3.8) is 0 Å². The van der Waals surface area contributed by atoms with Crippen molar-refractivity contribution in [2.45, 2.75) is 51.2 Å². The molecule has 1 saturated carbocycles. The van der Waals surface area contributed by atoms with Gasteiger partial charge in [0, 0.05) is 12.1 Å². The van der Waals surface area contributed by atoms with Crippen LogP contribution in [0.15, 0.2) is 24.3 Å². The first-order chi connectivity index (χ1) is 7.96. The summed E-state index contributed by atoms with van der Waals surface area (Å²) in [6, 6.07) is 8.44. The van der Waals surface area contributed by atoms with Gasteiger partial charge in [-0.3, -0.25) is 0 Å². The van der Waals surface area contributed by atoms with Crippen LogP contribution < -0.4 is 5.32 Å². The van der Waals surface area contributed by atoms with Gasteiger partial charge in [-0.1, -0.05) is 24.3 Å². The maximum absolute atomic E-state index is 10.1. The Morgan fingerprint density at radius 3 is 2.29 bits per heavy atom. The van der Waals surface area contributed by atoms with Crippen molar-refractivity contribution in [3.8, 4) is 0 Å². The molecule has 0 saturated heterocycles. The van der Waals surface area contributed by atoms with E-state index in [0.717, 1.165) is 11.5 Å². The first-order valence-electron chi connectivity index (χ1n) is 6.49. The van der Waals surface area contributed by atoms with Gasteiger partial charge in [0.25, 0.3) is 0 Å². The lowest BCUT2D eigenvalue weighted by Crippen LogP contribution is -2.38. The summed E-state index contributed by atoms with van der Waals surface area (Å²) in [5, 5.41) is 13.4. The fourth-order valence-corrected chi connectivity index (χ4v) is 1.93. The van der Waals surface area contributed by atoms with Gasteiger partial charge < -0.3 is 10.4 Å². The Bertz CT molecular complexity index is 360. The summed E-state index contributed by atoms with van der Waals surface area (Å²) in [7, 11) is 0. The Morgan fingerprint density at radius 1 is 1.24 bits per heavy atom. The van der Waals surface area contributed by atoms with Gasteiger partial charge in [-0.25, -0.2) is 0 Å². The quantitative estimate of drug-likeness (QED) is 0.838. The van der Waals surface area contributed by atoms with Crippen molar-refractivity contribution < 1.29 is 5.11 Å². The molecule has 2 rings (SSSR count). The predicted octanol–water partition coefficient (Wildman–Crippen LogP) is 2.99. The van der Waals surface area contributed by atoms with E-state index >= 15 is 0 Å². The molecule has 2 nitrogen and oxygen atoms in total. The molecule has 0 bridgehead atoms. The second-order valence-corrected chi connectivity index (χ2v) is 6.09. The molecule has 1 aliphatic rings. The third-order valence-electron chi connectivity index (χ3n) is 3.20. The molecule has 0 heterocycles. The highest BCUT2D eigenvalue weighted by Crippen LogP contribution is 2.40. The number of hydrogen-bond donors (Lipinski definition) is 2. The van der Waals surface area contributed by atoms with Crippen LogP contribution in [0.1, 0.15) is 56.8 Å². The van der Waals surface area contributed by atoms with Crippen LogP contribution >= 0.6 is 0 Å². The number of aliphatic hydroxyl groups excluding tert-OH is 1. The van der Waals surface area contributed by atoms with Gasteiger partial charge in [0.1, 0.15) is 0 Å². The molecule has 0 radical (unpaired) electrons. The van der Waals surface area contributed by atoms with Gasteiger partial charge in [-0.05, 0) is 50.7 Å². The summed E-state index contributed by atoms with van der Waals surface area (Å²) in [6.07, 6.45) is 2.24. The Morgan fingerprint density at radius 2 is 1.82 bits per heavy atom. The number of aliphatic hydroxyl groups is 1. The van der Waals surface area contributed by atoms with E-state index in [1.165, 1.54) is 18.4 Å². The minimum absolute atomic E-state index is 0.0505. The molecule has 94 valence electrons. The van der Waals surface area contributed by atoms with Crippen molar-refractivity contribution in [1.29, 1.82) is 0 Å². The first kappa shape index (κ1) is 12.6.